The Labute approximate surface area is 99.9 Å². The minimum absolute atomic E-state index is 0.0337. The Morgan fingerprint density at radius 1 is 1.22 bits per heavy atom. The minimum Gasteiger partial charge on any atom is -0.486 e. The third kappa shape index (κ3) is 1.70. The van der Waals surface area contributed by atoms with E-state index < -0.39 is 11.7 Å². The number of aliphatic imine (C=N–C) groups is 1. The van der Waals surface area contributed by atoms with Gasteiger partial charge in [-0.1, -0.05) is 0 Å². The Kier molecular flexibility index (Phi) is 2.26. The summed E-state index contributed by atoms with van der Waals surface area (Å²) in [6, 6.07) is 3.80. The first-order valence-electron chi connectivity index (χ1n) is 5.21. The number of rotatable bonds is 0. The first kappa shape index (κ1) is 11.0. The van der Waals surface area contributed by atoms with E-state index in [2.05, 4.69) is 9.98 Å². The second kappa shape index (κ2) is 3.69. The highest BCUT2D eigenvalue weighted by molar-refractivity contribution is 5.89. The molecular weight excluding hydrogens is 245 g/mol. The van der Waals surface area contributed by atoms with Crippen LogP contribution in [0, 0.1) is 0 Å². The maximum atomic E-state index is 12.9. The maximum Gasteiger partial charge on any atom is 0.417 e. The third-order valence-corrected chi connectivity index (χ3v) is 2.67. The highest BCUT2D eigenvalue weighted by Crippen LogP contribution is 2.39. The van der Waals surface area contributed by atoms with Gasteiger partial charge in [0.2, 0.25) is 0 Å². The molecule has 0 aliphatic carbocycles. The fraction of sp³-hybridized carbons (Fsp3) is 0.167. The van der Waals surface area contributed by atoms with Gasteiger partial charge < -0.3 is 4.74 Å². The van der Waals surface area contributed by atoms with E-state index in [1.54, 1.807) is 0 Å². The monoisotopic (exact) mass is 252 g/mol. The van der Waals surface area contributed by atoms with Gasteiger partial charge in [-0.2, -0.15) is 13.2 Å². The molecule has 0 amide bonds. The van der Waals surface area contributed by atoms with E-state index in [0.717, 1.165) is 12.3 Å². The number of alkyl halides is 3. The molecule has 6 heteroatoms. The standard InChI is InChI=1S/C12H7F3N2O/c13-12(14,15)8-1-2-16-9-6-11-10(5-7(8)9)17-3-4-18-11/h1-3,5-6H,4H2. The summed E-state index contributed by atoms with van der Waals surface area (Å²) in [6.45, 7) is 0.317. The van der Waals surface area contributed by atoms with Crippen molar-refractivity contribution in [3.05, 3.63) is 30.0 Å². The third-order valence-electron chi connectivity index (χ3n) is 2.67. The van der Waals surface area contributed by atoms with Crippen molar-refractivity contribution in [1.29, 1.82) is 0 Å². The normalized spacial score (nSPS) is 14.4. The second-order valence-corrected chi connectivity index (χ2v) is 3.82. The SMILES string of the molecule is FC(F)(F)c1ccnc2cc3c(cc12)N=CCO3. The fourth-order valence-corrected chi connectivity index (χ4v) is 1.89. The molecule has 18 heavy (non-hydrogen) atoms. The lowest BCUT2D eigenvalue weighted by atomic mass is 10.1. The summed E-state index contributed by atoms with van der Waals surface area (Å²) in [7, 11) is 0. The molecule has 2 heterocycles. The van der Waals surface area contributed by atoms with E-state index in [4.69, 9.17) is 4.74 Å². The summed E-state index contributed by atoms with van der Waals surface area (Å²) in [5.74, 6) is 0.455. The van der Waals surface area contributed by atoms with E-state index in [0.29, 0.717) is 18.0 Å². The number of fused-ring (bicyclic) bond motifs is 2. The fourth-order valence-electron chi connectivity index (χ4n) is 1.89. The lowest BCUT2D eigenvalue weighted by Gasteiger charge is -2.14. The molecule has 1 aliphatic heterocycles. The van der Waals surface area contributed by atoms with Crippen LogP contribution in [0.5, 0.6) is 5.75 Å². The van der Waals surface area contributed by atoms with Gasteiger partial charge >= 0.3 is 6.18 Å². The van der Waals surface area contributed by atoms with Crippen LogP contribution in [-0.2, 0) is 6.18 Å². The zero-order valence-electron chi connectivity index (χ0n) is 9.03. The minimum atomic E-state index is -4.41. The molecule has 0 atom stereocenters. The van der Waals surface area contributed by atoms with Crippen molar-refractivity contribution in [2.75, 3.05) is 6.61 Å². The topological polar surface area (TPSA) is 34.5 Å². The second-order valence-electron chi connectivity index (χ2n) is 3.82. The molecule has 1 aromatic heterocycles. The molecule has 0 fully saturated rings. The first-order valence-corrected chi connectivity index (χ1v) is 5.21. The maximum absolute atomic E-state index is 12.9. The quantitative estimate of drug-likeness (QED) is 0.720. The van der Waals surface area contributed by atoms with Gasteiger partial charge in [-0.3, -0.25) is 9.98 Å². The van der Waals surface area contributed by atoms with Crippen LogP contribution in [0.1, 0.15) is 5.56 Å². The van der Waals surface area contributed by atoms with Crippen LogP contribution in [-0.4, -0.2) is 17.8 Å². The Hall–Kier alpha value is -2.11. The summed E-state index contributed by atoms with van der Waals surface area (Å²) < 4.78 is 43.8. The van der Waals surface area contributed by atoms with Gasteiger partial charge in [0.25, 0.3) is 0 Å². The molecule has 1 aromatic carbocycles. The van der Waals surface area contributed by atoms with Crippen molar-refractivity contribution in [3.63, 3.8) is 0 Å². The number of benzene rings is 1. The van der Waals surface area contributed by atoms with Gasteiger partial charge in [0, 0.05) is 23.9 Å². The van der Waals surface area contributed by atoms with E-state index >= 15 is 0 Å². The summed E-state index contributed by atoms with van der Waals surface area (Å²) in [6.07, 6.45) is -1.75. The average Bonchev–Trinajstić information content (AvgIpc) is 2.34. The molecule has 3 rings (SSSR count). The molecule has 3 nitrogen and oxygen atoms in total. The van der Waals surface area contributed by atoms with Gasteiger partial charge in [-0.25, -0.2) is 0 Å². The molecule has 92 valence electrons. The van der Waals surface area contributed by atoms with Gasteiger partial charge in [0.05, 0.1) is 11.1 Å². The van der Waals surface area contributed by atoms with E-state index in [1.807, 2.05) is 0 Å². The van der Waals surface area contributed by atoms with Gasteiger partial charge in [0.1, 0.15) is 18.0 Å². The highest BCUT2D eigenvalue weighted by atomic mass is 19.4. The van der Waals surface area contributed by atoms with Gasteiger partial charge in [-0.15, -0.1) is 0 Å². The van der Waals surface area contributed by atoms with Crippen LogP contribution >= 0.6 is 0 Å². The largest absolute Gasteiger partial charge is 0.486 e. The van der Waals surface area contributed by atoms with Crippen molar-refractivity contribution in [1.82, 2.24) is 4.98 Å². The van der Waals surface area contributed by atoms with Crippen molar-refractivity contribution in [3.8, 4) is 5.75 Å². The summed E-state index contributed by atoms with van der Waals surface area (Å²) in [4.78, 5) is 7.95. The lowest BCUT2D eigenvalue weighted by molar-refractivity contribution is -0.136. The Morgan fingerprint density at radius 2 is 2.06 bits per heavy atom. The zero-order valence-corrected chi connectivity index (χ0v) is 9.03. The molecule has 0 bridgehead atoms. The first-order chi connectivity index (χ1) is 8.55. The van der Waals surface area contributed by atoms with Crippen molar-refractivity contribution >= 4 is 22.8 Å². The predicted molar refractivity (Wildman–Crippen MR) is 60.4 cm³/mol. The van der Waals surface area contributed by atoms with E-state index in [-0.39, 0.29) is 10.9 Å². The van der Waals surface area contributed by atoms with Gasteiger partial charge in [-0.05, 0) is 12.1 Å². The molecule has 0 unspecified atom stereocenters. The molecule has 2 aromatic rings. The summed E-state index contributed by atoms with van der Waals surface area (Å²) in [5, 5.41) is 0.0337. The summed E-state index contributed by atoms with van der Waals surface area (Å²) in [5.41, 5.74) is -0.0657. The van der Waals surface area contributed by atoms with Crippen LogP contribution < -0.4 is 4.74 Å². The average molecular weight is 252 g/mol. The Morgan fingerprint density at radius 3 is 2.83 bits per heavy atom. The van der Waals surface area contributed by atoms with Crippen molar-refractivity contribution < 1.29 is 17.9 Å². The van der Waals surface area contributed by atoms with Crippen molar-refractivity contribution in [2.45, 2.75) is 6.18 Å². The zero-order chi connectivity index (χ0) is 12.8. The molecule has 0 saturated carbocycles. The Bertz CT molecular complexity index is 650. The Balaban J connectivity index is 2.32. The van der Waals surface area contributed by atoms with E-state index in [1.165, 1.54) is 18.3 Å². The number of aromatic nitrogens is 1. The predicted octanol–water partition coefficient (Wildman–Crippen LogP) is 3.35. The number of hydrogen-bond donors (Lipinski definition) is 0. The van der Waals surface area contributed by atoms with Crippen LogP contribution in [0.2, 0.25) is 0 Å². The number of nitrogens with zero attached hydrogens (tertiary/aromatic N) is 2. The smallest absolute Gasteiger partial charge is 0.417 e. The van der Waals surface area contributed by atoms with Crippen LogP contribution in [0.25, 0.3) is 10.9 Å². The number of pyridine rings is 1. The van der Waals surface area contributed by atoms with E-state index in [9.17, 15) is 13.2 Å². The highest BCUT2D eigenvalue weighted by Gasteiger charge is 2.33. The number of halogens is 3. The van der Waals surface area contributed by atoms with Crippen LogP contribution in [0.4, 0.5) is 18.9 Å². The van der Waals surface area contributed by atoms with Crippen molar-refractivity contribution in [2.24, 2.45) is 4.99 Å². The number of hydrogen-bond acceptors (Lipinski definition) is 3. The molecular formula is C12H7F3N2O. The summed E-state index contributed by atoms with van der Waals surface area (Å²) >= 11 is 0. The lowest BCUT2D eigenvalue weighted by Crippen LogP contribution is -2.07. The van der Waals surface area contributed by atoms with Gasteiger partial charge in [0.15, 0.2) is 0 Å². The number of ether oxygens (including phenoxy) is 1. The molecule has 1 aliphatic rings. The van der Waals surface area contributed by atoms with Crippen LogP contribution in [0.15, 0.2) is 29.4 Å². The molecule has 0 spiro atoms. The van der Waals surface area contributed by atoms with Crippen LogP contribution in [0.3, 0.4) is 0 Å². The molecule has 0 radical (unpaired) electrons. The molecule has 0 N–H and O–H groups in total. The molecule has 0 saturated heterocycles.